The Labute approximate surface area is 146 Å². The first-order valence-electron chi connectivity index (χ1n) is 7.91. The van der Waals surface area contributed by atoms with Crippen LogP contribution in [0.5, 0.6) is 5.75 Å². The molecule has 0 amide bonds. The van der Waals surface area contributed by atoms with Crippen LogP contribution in [0.1, 0.15) is 36.0 Å². The molecule has 0 fully saturated rings. The van der Waals surface area contributed by atoms with Crippen LogP contribution in [0.3, 0.4) is 0 Å². The van der Waals surface area contributed by atoms with E-state index >= 15 is 0 Å². The maximum absolute atomic E-state index is 5.96. The number of rotatable bonds is 4. The van der Waals surface area contributed by atoms with Gasteiger partial charge in [-0.15, -0.1) is 0 Å². The normalized spacial score (nSPS) is 18.1. The third kappa shape index (κ3) is 4.23. The molecule has 1 aliphatic rings. The second kappa shape index (κ2) is 7.97. The van der Waals surface area contributed by atoms with Crippen molar-refractivity contribution in [3.8, 4) is 5.75 Å². The van der Waals surface area contributed by atoms with Crippen LogP contribution in [-0.2, 0) is 22.5 Å². The number of halogens is 1. The van der Waals surface area contributed by atoms with E-state index < -0.39 is 0 Å². The Bertz CT molecular complexity index is 598. The predicted octanol–water partition coefficient (Wildman–Crippen LogP) is 5.27. The third-order valence-corrected chi connectivity index (χ3v) is 4.94. The van der Waals surface area contributed by atoms with Crippen molar-refractivity contribution in [3.63, 3.8) is 0 Å². The molecule has 3 rings (SSSR count). The van der Waals surface area contributed by atoms with Crippen molar-refractivity contribution in [1.29, 1.82) is 0 Å². The third-order valence-electron chi connectivity index (χ3n) is 4.22. The number of hydrogen-bond acceptors (Lipinski definition) is 2. The van der Waals surface area contributed by atoms with E-state index in [0.717, 1.165) is 18.6 Å². The zero-order valence-corrected chi connectivity index (χ0v) is 14.8. The minimum atomic E-state index is 0.323. The lowest BCUT2D eigenvalue weighted by atomic mass is 9.92. The SMILES string of the molecule is IOC1CCCCc2ccc(OCc3ccccc3)cc2C1. The molecule has 2 aromatic carbocycles. The highest BCUT2D eigenvalue weighted by Crippen LogP contribution is 2.27. The Morgan fingerprint density at radius 2 is 1.86 bits per heavy atom. The summed E-state index contributed by atoms with van der Waals surface area (Å²) in [6.07, 6.45) is 6.12. The standard InChI is InChI=1S/C19H21IO2/c20-22-19-9-5-4-8-16-10-11-18(12-17(16)13-19)21-14-15-6-2-1-3-7-15/h1-3,6-7,10-12,19H,4-5,8-9,13-14H2. The largest absolute Gasteiger partial charge is 0.489 e. The van der Waals surface area contributed by atoms with Gasteiger partial charge in [0.25, 0.3) is 0 Å². The van der Waals surface area contributed by atoms with Crippen molar-refractivity contribution in [3.05, 3.63) is 65.2 Å². The van der Waals surface area contributed by atoms with E-state index in [4.69, 9.17) is 7.80 Å². The highest BCUT2D eigenvalue weighted by molar-refractivity contribution is 14.1. The van der Waals surface area contributed by atoms with Crippen molar-refractivity contribution in [1.82, 2.24) is 0 Å². The first kappa shape index (κ1) is 15.8. The predicted molar refractivity (Wildman–Crippen MR) is 97.4 cm³/mol. The number of hydrogen-bond donors (Lipinski definition) is 0. The van der Waals surface area contributed by atoms with E-state index in [-0.39, 0.29) is 0 Å². The number of aryl methyl sites for hydroxylation is 1. The maximum atomic E-state index is 5.96. The molecule has 1 atom stereocenters. The smallest absolute Gasteiger partial charge is 0.120 e. The summed E-state index contributed by atoms with van der Waals surface area (Å²) in [6, 6.07) is 16.8. The van der Waals surface area contributed by atoms with E-state index in [1.165, 1.54) is 36.0 Å². The van der Waals surface area contributed by atoms with Crippen molar-refractivity contribution in [2.45, 2.75) is 44.8 Å². The lowest BCUT2D eigenvalue weighted by molar-refractivity contribution is 0.255. The van der Waals surface area contributed by atoms with Gasteiger partial charge < -0.3 is 7.80 Å². The maximum Gasteiger partial charge on any atom is 0.120 e. The summed E-state index contributed by atoms with van der Waals surface area (Å²) in [4.78, 5) is 0. The second-order valence-corrected chi connectivity index (χ2v) is 6.37. The average molecular weight is 408 g/mol. The van der Waals surface area contributed by atoms with Gasteiger partial charge in [0.1, 0.15) is 35.4 Å². The van der Waals surface area contributed by atoms with Crippen molar-refractivity contribution in [2.75, 3.05) is 0 Å². The van der Waals surface area contributed by atoms with Gasteiger partial charge in [-0.3, -0.25) is 0 Å². The van der Waals surface area contributed by atoms with Gasteiger partial charge in [0.05, 0.1) is 6.10 Å². The molecule has 3 heteroatoms. The molecule has 0 saturated carbocycles. The van der Waals surface area contributed by atoms with E-state index in [1.54, 1.807) is 0 Å². The molecule has 0 radical (unpaired) electrons. The van der Waals surface area contributed by atoms with Gasteiger partial charge in [-0.1, -0.05) is 42.8 Å². The molecule has 2 aromatic rings. The van der Waals surface area contributed by atoms with E-state index in [9.17, 15) is 0 Å². The minimum absolute atomic E-state index is 0.323. The van der Waals surface area contributed by atoms with Gasteiger partial charge in [-0.2, -0.15) is 0 Å². The van der Waals surface area contributed by atoms with Gasteiger partial charge in [0.15, 0.2) is 0 Å². The van der Waals surface area contributed by atoms with E-state index in [2.05, 4.69) is 30.3 Å². The summed E-state index contributed by atoms with van der Waals surface area (Å²) in [5.74, 6) is 0.954. The lowest BCUT2D eigenvalue weighted by Crippen LogP contribution is -2.15. The van der Waals surface area contributed by atoms with Crippen LogP contribution < -0.4 is 4.74 Å². The van der Waals surface area contributed by atoms with Crippen molar-refractivity contribution < 1.29 is 7.80 Å². The Kier molecular flexibility index (Phi) is 5.73. The zero-order chi connectivity index (χ0) is 15.2. The molecule has 0 spiro atoms. The van der Waals surface area contributed by atoms with Gasteiger partial charge in [-0.25, -0.2) is 0 Å². The molecule has 0 aliphatic heterocycles. The van der Waals surface area contributed by atoms with Crippen LogP contribution in [0.25, 0.3) is 0 Å². The first-order chi connectivity index (χ1) is 10.8. The summed E-state index contributed by atoms with van der Waals surface area (Å²) < 4.78 is 11.5. The molecule has 0 heterocycles. The Balaban J connectivity index is 1.72. The molecule has 116 valence electrons. The molecule has 22 heavy (non-hydrogen) atoms. The monoisotopic (exact) mass is 408 g/mol. The highest BCUT2D eigenvalue weighted by Gasteiger charge is 2.16. The van der Waals surface area contributed by atoms with Crippen LogP contribution >= 0.6 is 23.0 Å². The molecular weight excluding hydrogens is 387 g/mol. The fraction of sp³-hybridized carbons (Fsp3) is 0.368. The summed E-state index contributed by atoms with van der Waals surface area (Å²) in [5.41, 5.74) is 4.03. The fourth-order valence-electron chi connectivity index (χ4n) is 2.98. The van der Waals surface area contributed by atoms with Crippen LogP contribution in [-0.4, -0.2) is 6.10 Å². The Morgan fingerprint density at radius 1 is 1.00 bits per heavy atom. The number of ether oxygens (including phenoxy) is 1. The molecule has 0 aromatic heterocycles. The summed E-state index contributed by atoms with van der Waals surface area (Å²) in [7, 11) is 0. The summed E-state index contributed by atoms with van der Waals surface area (Å²) in [5, 5.41) is 0. The van der Waals surface area contributed by atoms with Crippen molar-refractivity contribution in [2.24, 2.45) is 0 Å². The van der Waals surface area contributed by atoms with Gasteiger partial charge in [0.2, 0.25) is 0 Å². The van der Waals surface area contributed by atoms with Crippen LogP contribution in [0.4, 0.5) is 0 Å². The minimum Gasteiger partial charge on any atom is -0.489 e. The summed E-state index contributed by atoms with van der Waals surface area (Å²) in [6.45, 7) is 0.617. The summed E-state index contributed by atoms with van der Waals surface area (Å²) >= 11 is 2.04. The first-order valence-corrected chi connectivity index (χ1v) is 8.79. The van der Waals surface area contributed by atoms with Gasteiger partial charge >= 0.3 is 0 Å². The fourth-order valence-corrected chi connectivity index (χ4v) is 3.41. The molecular formula is C19H21IO2. The van der Waals surface area contributed by atoms with E-state index in [1.807, 2.05) is 41.2 Å². The van der Waals surface area contributed by atoms with Crippen molar-refractivity contribution >= 4 is 23.0 Å². The van der Waals surface area contributed by atoms with Crippen LogP contribution in [0.2, 0.25) is 0 Å². The Morgan fingerprint density at radius 3 is 2.68 bits per heavy atom. The molecule has 1 aliphatic carbocycles. The van der Waals surface area contributed by atoms with Gasteiger partial charge in [-0.05, 0) is 48.1 Å². The van der Waals surface area contributed by atoms with E-state index in [0.29, 0.717) is 12.7 Å². The molecule has 0 N–H and O–H groups in total. The Hall–Kier alpha value is -1.07. The number of fused-ring (bicyclic) bond motifs is 1. The molecule has 0 saturated heterocycles. The molecule has 2 nitrogen and oxygen atoms in total. The number of benzene rings is 2. The van der Waals surface area contributed by atoms with Crippen LogP contribution in [0, 0.1) is 0 Å². The average Bonchev–Trinajstić information content (AvgIpc) is 2.55. The molecule has 1 unspecified atom stereocenters. The quantitative estimate of drug-likeness (QED) is 0.642. The molecule has 0 bridgehead atoms. The lowest BCUT2D eigenvalue weighted by Gasteiger charge is -2.20. The van der Waals surface area contributed by atoms with Gasteiger partial charge in [0, 0.05) is 6.42 Å². The van der Waals surface area contributed by atoms with Crippen LogP contribution in [0.15, 0.2) is 48.5 Å². The zero-order valence-electron chi connectivity index (χ0n) is 12.6. The second-order valence-electron chi connectivity index (χ2n) is 5.87. The topological polar surface area (TPSA) is 18.5 Å². The highest BCUT2D eigenvalue weighted by atomic mass is 127.